The van der Waals surface area contributed by atoms with Crippen LogP contribution in [0.15, 0.2) is 103 Å². The van der Waals surface area contributed by atoms with Gasteiger partial charge in [0.25, 0.3) is 0 Å². The van der Waals surface area contributed by atoms with Crippen molar-refractivity contribution in [2.24, 2.45) is 0 Å². The molecular weight excluding hydrogens is 536 g/mol. The van der Waals surface area contributed by atoms with Crippen LogP contribution in [0.3, 0.4) is 0 Å². The zero-order valence-electron chi connectivity index (χ0n) is 23.4. The first-order valence-electron chi connectivity index (χ1n) is 13.6. The predicted octanol–water partition coefficient (Wildman–Crippen LogP) is 7.66. The minimum absolute atomic E-state index is 0.0710. The second-order valence-corrected chi connectivity index (χ2v) is 9.99. The topological polar surface area (TPSA) is 81.1 Å². The molecule has 0 unspecified atom stereocenters. The van der Waals surface area contributed by atoms with Gasteiger partial charge in [0.2, 0.25) is 0 Å². The number of amides is 2. The smallest absolute Gasteiger partial charge is 0.394 e. The fourth-order valence-electron chi connectivity index (χ4n) is 4.55. The van der Waals surface area contributed by atoms with Gasteiger partial charge < -0.3 is 15.4 Å². The van der Waals surface area contributed by atoms with Crippen LogP contribution in [0, 0.1) is 6.92 Å². The molecule has 2 amide bonds. The second kappa shape index (κ2) is 12.6. The molecule has 0 radical (unpaired) electrons. The summed E-state index contributed by atoms with van der Waals surface area (Å²) >= 11 is 0. The number of urea groups is 1. The molecule has 0 atom stereocenters. The number of nitrogens with zero attached hydrogens (tertiary/aromatic N) is 3. The first kappa shape index (κ1) is 28.5. The van der Waals surface area contributed by atoms with E-state index in [9.17, 15) is 13.6 Å². The Balaban J connectivity index is 1.09. The maximum atomic E-state index is 13.0. The van der Waals surface area contributed by atoms with E-state index < -0.39 is 6.11 Å². The number of alkyl halides is 2. The minimum atomic E-state index is -3.24. The normalized spacial score (nSPS) is 11.2. The molecule has 4 aromatic carbocycles. The van der Waals surface area contributed by atoms with Gasteiger partial charge in [0, 0.05) is 24.7 Å². The van der Waals surface area contributed by atoms with Gasteiger partial charge in [-0.2, -0.15) is 8.78 Å². The van der Waals surface area contributed by atoms with E-state index in [1.807, 2.05) is 60.7 Å². The summed E-state index contributed by atoms with van der Waals surface area (Å²) in [7, 11) is 0. The van der Waals surface area contributed by atoms with Crippen molar-refractivity contribution in [3.05, 3.63) is 115 Å². The number of halogens is 2. The molecular formula is C33H31F2N5O2. The van der Waals surface area contributed by atoms with Gasteiger partial charge >= 0.3 is 12.1 Å². The second-order valence-electron chi connectivity index (χ2n) is 9.99. The van der Waals surface area contributed by atoms with E-state index in [4.69, 9.17) is 0 Å². The van der Waals surface area contributed by atoms with Crippen molar-refractivity contribution in [3.8, 4) is 34.0 Å². The van der Waals surface area contributed by atoms with E-state index in [1.54, 1.807) is 23.1 Å². The highest BCUT2D eigenvalue weighted by Gasteiger charge is 2.23. The number of carbonyl (C=O) groups is 1. The third-order valence-corrected chi connectivity index (χ3v) is 6.61. The zero-order chi connectivity index (χ0) is 29.5. The van der Waals surface area contributed by atoms with Crippen molar-refractivity contribution >= 4 is 11.7 Å². The average Bonchev–Trinajstić information content (AvgIpc) is 3.46. The molecule has 0 spiro atoms. The van der Waals surface area contributed by atoms with Gasteiger partial charge in [-0.1, -0.05) is 60.7 Å². The van der Waals surface area contributed by atoms with Crippen LogP contribution in [0.4, 0.5) is 19.3 Å². The predicted molar refractivity (Wildman–Crippen MR) is 160 cm³/mol. The van der Waals surface area contributed by atoms with Gasteiger partial charge in [-0.25, -0.2) is 14.5 Å². The average molecular weight is 568 g/mol. The summed E-state index contributed by atoms with van der Waals surface area (Å²) in [6.07, 6.45) is -0.0824. The minimum Gasteiger partial charge on any atom is -0.433 e. The molecule has 0 bridgehead atoms. The highest BCUT2D eigenvalue weighted by Crippen LogP contribution is 2.26. The molecule has 5 rings (SSSR count). The SMILES string of the molecule is Cc1ccccc1-c1cccc(NC(=O)NCCCc2ccc(-c3ncn(-c4ccc(OC(C)(F)F)cc4)n3)cc2)c1. The van der Waals surface area contributed by atoms with Gasteiger partial charge in [0.15, 0.2) is 5.82 Å². The lowest BCUT2D eigenvalue weighted by Crippen LogP contribution is -2.29. The lowest BCUT2D eigenvalue weighted by atomic mass is 10.0. The summed E-state index contributed by atoms with van der Waals surface area (Å²) < 4.78 is 32.2. The summed E-state index contributed by atoms with van der Waals surface area (Å²) in [5, 5.41) is 10.3. The van der Waals surface area contributed by atoms with Crippen LogP contribution in [-0.2, 0) is 6.42 Å². The first-order valence-corrected chi connectivity index (χ1v) is 13.6. The molecule has 0 aliphatic carbocycles. The molecule has 0 aliphatic heterocycles. The zero-order valence-corrected chi connectivity index (χ0v) is 23.4. The van der Waals surface area contributed by atoms with Crippen LogP contribution < -0.4 is 15.4 Å². The molecule has 214 valence electrons. The molecule has 2 N–H and O–H groups in total. The molecule has 1 aromatic heterocycles. The maximum Gasteiger partial charge on any atom is 0.394 e. The van der Waals surface area contributed by atoms with Crippen LogP contribution in [0.25, 0.3) is 28.2 Å². The van der Waals surface area contributed by atoms with E-state index >= 15 is 0 Å². The Bertz CT molecular complexity index is 1640. The molecule has 0 saturated heterocycles. The van der Waals surface area contributed by atoms with Gasteiger partial charge in [0.1, 0.15) is 12.1 Å². The number of rotatable bonds is 10. The van der Waals surface area contributed by atoms with Crippen molar-refractivity contribution < 1.29 is 18.3 Å². The highest BCUT2D eigenvalue weighted by atomic mass is 19.3. The Morgan fingerprint density at radius 1 is 0.929 bits per heavy atom. The van der Waals surface area contributed by atoms with Crippen LogP contribution in [-0.4, -0.2) is 33.4 Å². The third kappa shape index (κ3) is 7.57. The van der Waals surface area contributed by atoms with Crippen LogP contribution in [0.5, 0.6) is 5.75 Å². The monoisotopic (exact) mass is 567 g/mol. The Morgan fingerprint density at radius 3 is 2.43 bits per heavy atom. The Kier molecular flexibility index (Phi) is 8.57. The van der Waals surface area contributed by atoms with Crippen LogP contribution in [0.1, 0.15) is 24.5 Å². The lowest BCUT2D eigenvalue weighted by Gasteiger charge is -2.13. The number of anilines is 1. The molecule has 5 aromatic rings. The maximum absolute atomic E-state index is 13.0. The number of carbonyl (C=O) groups excluding carboxylic acids is 1. The van der Waals surface area contributed by atoms with Crippen LogP contribution >= 0.6 is 0 Å². The van der Waals surface area contributed by atoms with E-state index in [0.29, 0.717) is 25.0 Å². The van der Waals surface area contributed by atoms with Crippen LogP contribution in [0.2, 0.25) is 0 Å². The number of aromatic nitrogens is 3. The van der Waals surface area contributed by atoms with Gasteiger partial charge in [-0.15, -0.1) is 5.10 Å². The first-order chi connectivity index (χ1) is 20.2. The van der Waals surface area contributed by atoms with Crippen molar-refractivity contribution in [1.82, 2.24) is 20.1 Å². The summed E-state index contributed by atoms with van der Waals surface area (Å²) in [5.74, 6) is 0.619. The van der Waals surface area contributed by atoms with Crippen molar-refractivity contribution in [1.29, 1.82) is 0 Å². The Morgan fingerprint density at radius 2 is 1.69 bits per heavy atom. The van der Waals surface area contributed by atoms with Crippen molar-refractivity contribution in [2.75, 3.05) is 11.9 Å². The van der Waals surface area contributed by atoms with E-state index in [2.05, 4.69) is 44.5 Å². The summed E-state index contributed by atoms with van der Waals surface area (Å²) in [4.78, 5) is 16.8. The summed E-state index contributed by atoms with van der Waals surface area (Å²) in [5.41, 5.74) is 6.78. The number of nitrogens with one attached hydrogen (secondary N) is 2. The largest absolute Gasteiger partial charge is 0.433 e. The fraction of sp³-hybridized carbons (Fsp3) is 0.182. The van der Waals surface area contributed by atoms with Crippen molar-refractivity contribution in [2.45, 2.75) is 32.8 Å². The van der Waals surface area contributed by atoms with E-state index in [1.165, 1.54) is 17.7 Å². The Hall–Kier alpha value is -5.05. The molecule has 42 heavy (non-hydrogen) atoms. The molecule has 0 saturated carbocycles. The quantitative estimate of drug-likeness (QED) is 0.170. The van der Waals surface area contributed by atoms with Gasteiger partial charge in [-0.3, -0.25) is 0 Å². The molecule has 0 aliphatic rings. The lowest BCUT2D eigenvalue weighted by molar-refractivity contribution is -0.158. The summed E-state index contributed by atoms with van der Waals surface area (Å²) in [6, 6.07) is 29.9. The number of aryl methyl sites for hydroxylation is 2. The molecule has 9 heteroatoms. The van der Waals surface area contributed by atoms with Crippen molar-refractivity contribution in [3.63, 3.8) is 0 Å². The Labute approximate surface area is 243 Å². The molecule has 0 fully saturated rings. The molecule has 7 nitrogen and oxygen atoms in total. The fourth-order valence-corrected chi connectivity index (χ4v) is 4.55. The standard InChI is InChI=1S/C33H31F2N5O2/c1-23-7-3-4-11-30(23)26-9-5-10-27(21-26)38-32(41)36-20-6-8-24-12-14-25(15-13-24)31-37-22-40(39-31)28-16-18-29(19-17-28)42-33(2,34)35/h3-5,7,9-19,21-22H,6,8,20H2,1-2H3,(H2,36,38,41). The van der Waals surface area contributed by atoms with E-state index in [-0.39, 0.29) is 11.8 Å². The number of hydrogen-bond acceptors (Lipinski definition) is 4. The number of hydrogen-bond donors (Lipinski definition) is 2. The van der Waals surface area contributed by atoms with Gasteiger partial charge in [-0.05, 0) is 78.4 Å². The van der Waals surface area contributed by atoms with E-state index in [0.717, 1.165) is 40.8 Å². The summed E-state index contributed by atoms with van der Waals surface area (Å²) in [6.45, 7) is 3.30. The van der Waals surface area contributed by atoms with Gasteiger partial charge in [0.05, 0.1) is 5.69 Å². The molecule has 1 heterocycles. The number of ether oxygens (including phenoxy) is 1. The third-order valence-electron chi connectivity index (χ3n) is 6.61. The highest BCUT2D eigenvalue weighted by molar-refractivity contribution is 5.90. The number of benzene rings is 4.